The van der Waals surface area contributed by atoms with Crippen LogP contribution in [0.15, 0.2) is 47.8 Å². The van der Waals surface area contributed by atoms with Gasteiger partial charge in [0, 0.05) is 10.9 Å². The second-order valence-corrected chi connectivity index (χ2v) is 5.39. The normalized spacial score (nSPS) is 10.8. The summed E-state index contributed by atoms with van der Waals surface area (Å²) in [7, 11) is 0. The topological polar surface area (TPSA) is 17.1 Å². The Balaban J connectivity index is 2.24. The number of rotatable bonds is 2. The van der Waals surface area contributed by atoms with E-state index in [9.17, 15) is 9.18 Å². The van der Waals surface area contributed by atoms with E-state index in [1.165, 1.54) is 23.5 Å². The molecule has 0 amide bonds. The molecule has 3 aromatic rings. The van der Waals surface area contributed by atoms with E-state index in [0.717, 1.165) is 0 Å². The van der Waals surface area contributed by atoms with E-state index in [-0.39, 0.29) is 11.6 Å². The number of hydrogen-bond acceptors (Lipinski definition) is 2. The quantitative estimate of drug-likeness (QED) is 0.612. The minimum Gasteiger partial charge on any atom is -0.288 e. The Hall–Kier alpha value is -1.71. The van der Waals surface area contributed by atoms with Crippen LogP contribution in [0.4, 0.5) is 4.39 Å². The van der Waals surface area contributed by atoms with Crippen molar-refractivity contribution in [2.75, 3.05) is 0 Å². The average molecular weight is 291 g/mol. The van der Waals surface area contributed by atoms with Gasteiger partial charge in [0.15, 0.2) is 0 Å². The first-order valence-corrected chi connectivity index (χ1v) is 6.89. The molecule has 4 heteroatoms. The molecule has 0 aliphatic heterocycles. The van der Waals surface area contributed by atoms with Gasteiger partial charge in [0.05, 0.1) is 9.90 Å². The highest BCUT2D eigenvalue weighted by atomic mass is 35.5. The van der Waals surface area contributed by atoms with Crippen molar-refractivity contribution in [3.05, 3.63) is 69.1 Å². The summed E-state index contributed by atoms with van der Waals surface area (Å²) in [5, 5.41) is 3.25. The number of fused-ring (bicyclic) bond motifs is 1. The fourth-order valence-corrected chi connectivity index (χ4v) is 3.13. The van der Waals surface area contributed by atoms with Crippen LogP contribution in [-0.2, 0) is 0 Å². The van der Waals surface area contributed by atoms with Crippen molar-refractivity contribution in [2.45, 2.75) is 0 Å². The molecule has 3 rings (SSSR count). The maximum Gasteiger partial charge on any atom is 0.205 e. The smallest absolute Gasteiger partial charge is 0.205 e. The molecule has 0 aliphatic carbocycles. The number of hydrogen-bond donors (Lipinski definition) is 0. The first-order chi connectivity index (χ1) is 9.18. The summed E-state index contributed by atoms with van der Waals surface area (Å²) in [5.41, 5.74) is 0.473. The molecule has 0 unspecified atom stereocenters. The molecule has 0 saturated carbocycles. The van der Waals surface area contributed by atoms with Crippen LogP contribution in [0.5, 0.6) is 0 Å². The molecule has 1 nitrogen and oxygen atoms in total. The summed E-state index contributed by atoms with van der Waals surface area (Å²) < 4.78 is 13.7. The average Bonchev–Trinajstić information content (AvgIpc) is 2.85. The molecule has 1 heterocycles. The van der Waals surface area contributed by atoms with Gasteiger partial charge < -0.3 is 0 Å². The Morgan fingerprint density at radius 2 is 1.79 bits per heavy atom. The van der Waals surface area contributed by atoms with E-state index in [4.69, 9.17) is 11.6 Å². The lowest BCUT2D eigenvalue weighted by atomic mass is 10.0. The zero-order chi connectivity index (χ0) is 13.4. The summed E-state index contributed by atoms with van der Waals surface area (Å²) in [6.45, 7) is 0. The number of thiophene rings is 1. The molecule has 0 bridgehead atoms. The number of ketones is 1. The lowest BCUT2D eigenvalue weighted by Gasteiger charge is -2.06. The highest BCUT2D eigenvalue weighted by Crippen LogP contribution is 2.29. The fraction of sp³-hybridized carbons (Fsp3) is 0. The summed E-state index contributed by atoms with van der Waals surface area (Å²) in [6.07, 6.45) is 0. The van der Waals surface area contributed by atoms with E-state index >= 15 is 0 Å². The van der Waals surface area contributed by atoms with E-state index in [2.05, 4.69) is 0 Å². The van der Waals surface area contributed by atoms with Gasteiger partial charge in [-0.25, -0.2) is 4.39 Å². The third-order valence-corrected chi connectivity index (χ3v) is 4.28. The SMILES string of the molecule is O=C(c1sccc1Cl)c1ccc(F)c2ccccc12. The van der Waals surface area contributed by atoms with Gasteiger partial charge >= 0.3 is 0 Å². The minimum atomic E-state index is -0.329. The van der Waals surface area contributed by atoms with Gasteiger partial charge in [0.25, 0.3) is 0 Å². The summed E-state index contributed by atoms with van der Waals surface area (Å²) in [5.74, 6) is -0.499. The van der Waals surface area contributed by atoms with Crippen LogP contribution >= 0.6 is 22.9 Å². The number of halogens is 2. The molecule has 0 aliphatic rings. The van der Waals surface area contributed by atoms with Gasteiger partial charge in [0.2, 0.25) is 5.78 Å². The first kappa shape index (κ1) is 12.3. The highest BCUT2D eigenvalue weighted by molar-refractivity contribution is 7.13. The Morgan fingerprint density at radius 3 is 2.47 bits per heavy atom. The monoisotopic (exact) mass is 290 g/mol. The van der Waals surface area contributed by atoms with Crippen LogP contribution in [0.25, 0.3) is 10.8 Å². The van der Waals surface area contributed by atoms with Crippen LogP contribution in [-0.4, -0.2) is 5.78 Å². The maximum absolute atomic E-state index is 13.7. The third-order valence-electron chi connectivity index (χ3n) is 2.94. The Morgan fingerprint density at radius 1 is 1.05 bits per heavy atom. The molecule has 19 heavy (non-hydrogen) atoms. The molecular formula is C15H8ClFOS. The van der Waals surface area contributed by atoms with Crippen LogP contribution in [0, 0.1) is 5.82 Å². The number of carbonyl (C=O) groups is 1. The van der Waals surface area contributed by atoms with Crippen molar-refractivity contribution in [2.24, 2.45) is 0 Å². The predicted octanol–water partition coefficient (Wildman–Crippen LogP) is 4.92. The van der Waals surface area contributed by atoms with E-state index in [1.54, 1.807) is 35.7 Å². The van der Waals surface area contributed by atoms with E-state index in [0.29, 0.717) is 26.2 Å². The van der Waals surface area contributed by atoms with Crippen LogP contribution in [0.2, 0.25) is 5.02 Å². The second kappa shape index (κ2) is 4.76. The largest absolute Gasteiger partial charge is 0.288 e. The summed E-state index contributed by atoms with van der Waals surface area (Å²) in [4.78, 5) is 12.9. The van der Waals surface area contributed by atoms with Crippen molar-refractivity contribution in [1.29, 1.82) is 0 Å². The molecule has 0 N–H and O–H groups in total. The Kier molecular flexibility index (Phi) is 3.09. The number of benzene rings is 2. The van der Waals surface area contributed by atoms with Crippen molar-refractivity contribution >= 4 is 39.5 Å². The zero-order valence-electron chi connectivity index (χ0n) is 9.69. The van der Waals surface area contributed by atoms with Crippen LogP contribution in [0.1, 0.15) is 15.2 Å². The molecule has 0 radical (unpaired) electrons. The first-order valence-electron chi connectivity index (χ1n) is 5.63. The molecule has 0 fully saturated rings. The standard InChI is InChI=1S/C15H8ClFOS/c16-12-7-8-19-15(12)14(18)11-5-6-13(17)10-4-2-1-3-9(10)11/h1-8H. The lowest BCUT2D eigenvalue weighted by Crippen LogP contribution is -2.01. The van der Waals surface area contributed by atoms with Gasteiger partial charge in [-0.1, -0.05) is 35.9 Å². The van der Waals surface area contributed by atoms with Crippen LogP contribution < -0.4 is 0 Å². The zero-order valence-corrected chi connectivity index (χ0v) is 11.3. The maximum atomic E-state index is 13.7. The van der Waals surface area contributed by atoms with E-state index in [1.807, 2.05) is 0 Å². The third kappa shape index (κ3) is 2.05. The van der Waals surface area contributed by atoms with Crippen molar-refractivity contribution in [1.82, 2.24) is 0 Å². The molecule has 1 aromatic heterocycles. The molecule has 94 valence electrons. The van der Waals surface area contributed by atoms with Crippen LogP contribution in [0.3, 0.4) is 0 Å². The van der Waals surface area contributed by atoms with Crippen molar-refractivity contribution in [3.63, 3.8) is 0 Å². The molecule has 0 atom stereocenters. The van der Waals surface area contributed by atoms with E-state index < -0.39 is 0 Å². The highest BCUT2D eigenvalue weighted by Gasteiger charge is 2.17. The molecule has 2 aromatic carbocycles. The minimum absolute atomic E-state index is 0.170. The lowest BCUT2D eigenvalue weighted by molar-refractivity contribution is 0.104. The van der Waals surface area contributed by atoms with Gasteiger partial charge in [0.1, 0.15) is 5.82 Å². The molecular weight excluding hydrogens is 283 g/mol. The van der Waals surface area contributed by atoms with Crippen molar-refractivity contribution < 1.29 is 9.18 Å². The summed E-state index contributed by atoms with van der Waals surface area (Å²) in [6, 6.07) is 11.5. The van der Waals surface area contributed by atoms with Crippen molar-refractivity contribution in [3.8, 4) is 0 Å². The fourth-order valence-electron chi connectivity index (χ4n) is 2.04. The second-order valence-electron chi connectivity index (χ2n) is 4.07. The number of carbonyl (C=O) groups excluding carboxylic acids is 1. The van der Waals surface area contributed by atoms with Gasteiger partial charge in [-0.3, -0.25) is 4.79 Å². The van der Waals surface area contributed by atoms with Gasteiger partial charge in [-0.2, -0.15) is 0 Å². The Labute approximate surface area is 118 Å². The molecule has 0 spiro atoms. The van der Waals surface area contributed by atoms with Gasteiger partial charge in [-0.15, -0.1) is 11.3 Å². The molecule has 0 saturated heterocycles. The Bertz CT molecular complexity index is 779. The predicted molar refractivity (Wildman–Crippen MR) is 76.7 cm³/mol. The summed E-state index contributed by atoms with van der Waals surface area (Å²) >= 11 is 7.27. The van der Waals surface area contributed by atoms with Gasteiger partial charge in [-0.05, 0) is 29.0 Å².